The predicted molar refractivity (Wildman–Crippen MR) is 86.6 cm³/mol. The van der Waals surface area contributed by atoms with Crippen LogP contribution in [0.15, 0.2) is 30.3 Å². The van der Waals surface area contributed by atoms with Crippen LogP contribution < -0.4 is 5.73 Å². The molecule has 0 radical (unpaired) electrons. The van der Waals surface area contributed by atoms with Crippen molar-refractivity contribution in [2.75, 3.05) is 19.8 Å². The summed E-state index contributed by atoms with van der Waals surface area (Å²) in [7, 11) is 0. The van der Waals surface area contributed by atoms with Gasteiger partial charge in [0.2, 0.25) is 0 Å². The summed E-state index contributed by atoms with van der Waals surface area (Å²) in [5.74, 6) is 0.518. The van der Waals surface area contributed by atoms with E-state index in [9.17, 15) is 4.79 Å². The molecule has 1 spiro atoms. The van der Waals surface area contributed by atoms with Crippen LogP contribution >= 0.6 is 0 Å². The fourth-order valence-electron chi connectivity index (χ4n) is 4.32. The summed E-state index contributed by atoms with van der Waals surface area (Å²) in [4.78, 5) is 13.7. The van der Waals surface area contributed by atoms with Crippen molar-refractivity contribution in [3.63, 3.8) is 0 Å². The van der Waals surface area contributed by atoms with Crippen LogP contribution in [0.1, 0.15) is 37.7 Å². The van der Waals surface area contributed by atoms with Gasteiger partial charge < -0.3 is 15.4 Å². The van der Waals surface area contributed by atoms with Gasteiger partial charge in [-0.1, -0.05) is 36.8 Å². The lowest BCUT2D eigenvalue weighted by Gasteiger charge is -2.47. The number of hydrogen-bond acceptors (Lipinski definition) is 2. The van der Waals surface area contributed by atoms with Gasteiger partial charge in [-0.3, -0.25) is 0 Å². The number of morpholine rings is 1. The molecule has 2 fully saturated rings. The fourth-order valence-corrected chi connectivity index (χ4v) is 4.32. The smallest absolute Gasteiger partial charge is 0.315 e. The first kappa shape index (κ1) is 15.3. The number of aryl methyl sites for hydroxylation is 1. The average Bonchev–Trinajstić information content (AvgIpc) is 2.91. The maximum atomic E-state index is 11.8. The minimum Gasteiger partial charge on any atom is -0.377 e. The van der Waals surface area contributed by atoms with E-state index >= 15 is 0 Å². The summed E-state index contributed by atoms with van der Waals surface area (Å²) >= 11 is 0. The number of benzene rings is 1. The first-order chi connectivity index (χ1) is 10.7. The number of urea groups is 1. The van der Waals surface area contributed by atoms with Crippen molar-refractivity contribution in [3.05, 3.63) is 35.9 Å². The van der Waals surface area contributed by atoms with E-state index in [-0.39, 0.29) is 11.6 Å². The van der Waals surface area contributed by atoms with E-state index in [2.05, 4.69) is 30.3 Å². The van der Waals surface area contributed by atoms with E-state index < -0.39 is 0 Å². The molecule has 1 saturated heterocycles. The molecule has 2 unspecified atom stereocenters. The highest BCUT2D eigenvalue weighted by Gasteiger charge is 2.50. The van der Waals surface area contributed by atoms with E-state index in [1.165, 1.54) is 18.4 Å². The molecule has 0 bridgehead atoms. The molecule has 1 heterocycles. The lowest BCUT2D eigenvalue weighted by atomic mass is 9.81. The van der Waals surface area contributed by atoms with Gasteiger partial charge in [-0.05, 0) is 43.6 Å². The Kier molecular flexibility index (Phi) is 4.67. The first-order valence-electron chi connectivity index (χ1n) is 8.41. The Morgan fingerprint density at radius 2 is 2.18 bits per heavy atom. The standard InChI is InChI=1S/C18H26N2O2/c19-17(21)20-12-13-22-14-18(20)11-5-10-16(18)9-4-8-15-6-2-1-3-7-15/h1-3,6-7,16H,4-5,8-14H2,(H2,19,21). The normalized spacial score (nSPS) is 28.2. The van der Waals surface area contributed by atoms with Crippen molar-refractivity contribution in [1.82, 2.24) is 4.90 Å². The molecule has 1 aromatic rings. The topological polar surface area (TPSA) is 55.6 Å². The molecule has 22 heavy (non-hydrogen) atoms. The molecular formula is C18H26N2O2. The zero-order chi connectivity index (χ0) is 15.4. The lowest BCUT2D eigenvalue weighted by Crippen LogP contribution is -2.62. The van der Waals surface area contributed by atoms with Gasteiger partial charge in [-0.15, -0.1) is 0 Å². The number of nitrogens with zero attached hydrogens (tertiary/aromatic N) is 1. The highest BCUT2D eigenvalue weighted by Crippen LogP contribution is 2.44. The number of ether oxygens (including phenoxy) is 1. The Morgan fingerprint density at radius 3 is 2.95 bits per heavy atom. The molecule has 4 heteroatoms. The second-order valence-corrected chi connectivity index (χ2v) is 6.61. The van der Waals surface area contributed by atoms with Gasteiger partial charge >= 0.3 is 6.03 Å². The zero-order valence-electron chi connectivity index (χ0n) is 13.2. The summed E-state index contributed by atoms with van der Waals surface area (Å²) in [6.45, 7) is 1.91. The van der Waals surface area contributed by atoms with Crippen LogP contribution in [-0.2, 0) is 11.2 Å². The van der Waals surface area contributed by atoms with Crippen LogP contribution in [0.3, 0.4) is 0 Å². The number of primary amides is 1. The lowest BCUT2D eigenvalue weighted by molar-refractivity contribution is -0.0637. The number of carbonyl (C=O) groups is 1. The number of rotatable bonds is 4. The number of amides is 2. The fraction of sp³-hybridized carbons (Fsp3) is 0.611. The van der Waals surface area contributed by atoms with Crippen molar-refractivity contribution in [2.45, 2.75) is 44.1 Å². The van der Waals surface area contributed by atoms with E-state index in [0.717, 1.165) is 25.7 Å². The average molecular weight is 302 g/mol. The van der Waals surface area contributed by atoms with Crippen molar-refractivity contribution in [2.24, 2.45) is 11.7 Å². The third-order valence-electron chi connectivity index (χ3n) is 5.40. The highest BCUT2D eigenvalue weighted by atomic mass is 16.5. The molecule has 4 nitrogen and oxygen atoms in total. The van der Waals surface area contributed by atoms with Gasteiger partial charge in [0, 0.05) is 6.54 Å². The Hall–Kier alpha value is -1.55. The third kappa shape index (κ3) is 2.98. The van der Waals surface area contributed by atoms with Crippen molar-refractivity contribution < 1.29 is 9.53 Å². The van der Waals surface area contributed by atoms with E-state index in [0.29, 0.717) is 25.7 Å². The quantitative estimate of drug-likeness (QED) is 0.929. The summed E-state index contributed by atoms with van der Waals surface area (Å²) in [6.07, 6.45) is 6.78. The van der Waals surface area contributed by atoms with E-state index in [1.807, 2.05) is 4.90 Å². The zero-order valence-corrected chi connectivity index (χ0v) is 13.2. The van der Waals surface area contributed by atoms with Crippen LogP contribution in [0.2, 0.25) is 0 Å². The molecule has 2 atom stereocenters. The van der Waals surface area contributed by atoms with E-state index in [4.69, 9.17) is 10.5 Å². The number of hydrogen-bond donors (Lipinski definition) is 1. The molecule has 0 aromatic heterocycles. The maximum Gasteiger partial charge on any atom is 0.315 e. The minimum absolute atomic E-state index is 0.138. The molecule has 2 N–H and O–H groups in total. The minimum atomic E-state index is -0.279. The second kappa shape index (κ2) is 6.69. The first-order valence-corrected chi connectivity index (χ1v) is 8.41. The van der Waals surface area contributed by atoms with Crippen molar-refractivity contribution >= 4 is 6.03 Å². The van der Waals surface area contributed by atoms with Gasteiger partial charge in [0.05, 0.1) is 18.8 Å². The Labute approximate surface area is 132 Å². The van der Waals surface area contributed by atoms with Crippen LogP contribution in [-0.4, -0.2) is 36.2 Å². The molecule has 1 aliphatic heterocycles. The van der Waals surface area contributed by atoms with Gasteiger partial charge in [-0.25, -0.2) is 4.79 Å². The molecule has 1 saturated carbocycles. The summed E-state index contributed by atoms with van der Waals surface area (Å²) in [5.41, 5.74) is 6.89. The molecule has 3 rings (SSSR count). The molecule has 2 aliphatic rings. The Morgan fingerprint density at radius 1 is 1.36 bits per heavy atom. The predicted octanol–water partition coefficient (Wildman–Crippen LogP) is 2.96. The molecular weight excluding hydrogens is 276 g/mol. The molecule has 1 aliphatic carbocycles. The second-order valence-electron chi connectivity index (χ2n) is 6.61. The maximum absolute atomic E-state index is 11.8. The van der Waals surface area contributed by atoms with Crippen LogP contribution in [0.5, 0.6) is 0 Å². The van der Waals surface area contributed by atoms with Gasteiger partial charge in [0.25, 0.3) is 0 Å². The van der Waals surface area contributed by atoms with Gasteiger partial charge in [0.15, 0.2) is 0 Å². The van der Waals surface area contributed by atoms with Crippen LogP contribution in [0.4, 0.5) is 4.79 Å². The van der Waals surface area contributed by atoms with Crippen LogP contribution in [0, 0.1) is 5.92 Å². The summed E-state index contributed by atoms with van der Waals surface area (Å²) < 4.78 is 5.73. The molecule has 120 valence electrons. The van der Waals surface area contributed by atoms with Crippen molar-refractivity contribution in [1.29, 1.82) is 0 Å². The molecule has 1 aromatic carbocycles. The Bertz CT molecular complexity index is 505. The number of carbonyl (C=O) groups excluding carboxylic acids is 1. The van der Waals surface area contributed by atoms with Gasteiger partial charge in [0.1, 0.15) is 0 Å². The largest absolute Gasteiger partial charge is 0.377 e. The van der Waals surface area contributed by atoms with E-state index in [1.54, 1.807) is 0 Å². The Balaban J connectivity index is 1.63. The van der Waals surface area contributed by atoms with Crippen LogP contribution in [0.25, 0.3) is 0 Å². The summed E-state index contributed by atoms with van der Waals surface area (Å²) in [5, 5.41) is 0. The SMILES string of the molecule is NC(=O)N1CCOCC12CCCC2CCCc1ccccc1. The monoisotopic (exact) mass is 302 g/mol. The van der Waals surface area contributed by atoms with Gasteiger partial charge in [-0.2, -0.15) is 0 Å². The summed E-state index contributed by atoms with van der Waals surface area (Å²) in [6, 6.07) is 10.3. The number of nitrogens with two attached hydrogens (primary N) is 1. The molecule has 2 amide bonds. The highest BCUT2D eigenvalue weighted by molar-refractivity contribution is 5.73. The third-order valence-corrected chi connectivity index (χ3v) is 5.40. The van der Waals surface area contributed by atoms with Crippen molar-refractivity contribution in [3.8, 4) is 0 Å².